The quantitative estimate of drug-likeness (QED) is 0.410. The van der Waals surface area contributed by atoms with E-state index in [9.17, 15) is 18.0 Å². The average molecular weight is 466 g/mol. The predicted octanol–water partition coefficient (Wildman–Crippen LogP) is 2.32. The third kappa shape index (κ3) is 5.44. The molecule has 4 rings (SSSR count). The summed E-state index contributed by atoms with van der Waals surface area (Å²) in [6, 6.07) is 19.5. The molecule has 1 saturated heterocycles. The molecule has 1 aromatic heterocycles. The van der Waals surface area contributed by atoms with Crippen molar-refractivity contribution in [3.63, 3.8) is 0 Å². The number of carbonyl (C=O) groups excluding carboxylic acids is 2. The maximum absolute atomic E-state index is 12.7. The Morgan fingerprint density at radius 2 is 1.61 bits per heavy atom. The number of piperazine rings is 1. The van der Waals surface area contributed by atoms with E-state index in [1.165, 1.54) is 21.4 Å². The lowest BCUT2D eigenvalue weighted by Gasteiger charge is -2.33. The maximum Gasteiger partial charge on any atom is 0.331 e. The third-order valence-electron chi connectivity index (χ3n) is 5.32. The highest BCUT2D eigenvalue weighted by atomic mass is 32.2. The highest BCUT2D eigenvalue weighted by Crippen LogP contribution is 2.17. The highest BCUT2D eigenvalue weighted by Gasteiger charge is 2.30. The van der Waals surface area contributed by atoms with Crippen molar-refractivity contribution in [3.8, 4) is 0 Å². The van der Waals surface area contributed by atoms with Gasteiger partial charge in [0.15, 0.2) is 6.61 Å². The van der Waals surface area contributed by atoms with Crippen LogP contribution in [0.3, 0.4) is 0 Å². The molecule has 0 N–H and O–H groups in total. The van der Waals surface area contributed by atoms with E-state index in [1.54, 1.807) is 36.4 Å². The van der Waals surface area contributed by atoms with Crippen molar-refractivity contribution in [2.24, 2.45) is 0 Å². The van der Waals surface area contributed by atoms with Crippen molar-refractivity contribution in [3.05, 3.63) is 78.5 Å². The number of amides is 1. The number of esters is 1. The lowest BCUT2D eigenvalue weighted by molar-refractivity contribution is -0.148. The van der Waals surface area contributed by atoms with Gasteiger partial charge in [-0.15, -0.1) is 0 Å². The molecule has 0 radical (unpaired) electrons. The summed E-state index contributed by atoms with van der Waals surface area (Å²) in [5, 5.41) is 1.000. The summed E-state index contributed by atoms with van der Waals surface area (Å²) in [5.41, 5.74) is 1.42. The number of benzene rings is 2. The van der Waals surface area contributed by atoms with Crippen LogP contribution >= 0.6 is 0 Å². The zero-order chi connectivity index (χ0) is 23.3. The van der Waals surface area contributed by atoms with Gasteiger partial charge < -0.3 is 9.64 Å². The van der Waals surface area contributed by atoms with Gasteiger partial charge in [0.25, 0.3) is 5.91 Å². The summed E-state index contributed by atoms with van der Waals surface area (Å²) in [6.07, 6.45) is 2.77. The molecule has 1 aliphatic rings. The number of para-hydroxylation sites is 1. The number of rotatable bonds is 6. The first-order valence-corrected chi connectivity index (χ1v) is 11.9. The van der Waals surface area contributed by atoms with Crippen LogP contribution in [0.1, 0.15) is 5.69 Å². The molecule has 0 atom stereocenters. The standard InChI is InChI=1S/C24H23N3O5S/c28-23(26-14-16-27(17-15-26)33(30,31)21-7-2-1-3-8-21)18-32-24(29)13-12-20-11-10-19-6-4-5-9-22(19)25-20/h1-13H,14-18H2/b13-12+. The van der Waals surface area contributed by atoms with Crippen LogP contribution in [0.5, 0.6) is 0 Å². The zero-order valence-electron chi connectivity index (χ0n) is 17.8. The molecule has 1 fully saturated rings. The van der Waals surface area contributed by atoms with Crippen LogP contribution in [-0.4, -0.2) is 67.3 Å². The molecule has 0 spiro atoms. The number of hydrogen-bond donors (Lipinski definition) is 0. The molecule has 2 heterocycles. The largest absolute Gasteiger partial charge is 0.452 e. The van der Waals surface area contributed by atoms with Crippen LogP contribution < -0.4 is 0 Å². The molecule has 3 aromatic rings. The minimum absolute atomic E-state index is 0.185. The molecule has 0 bridgehead atoms. The second kappa shape index (κ2) is 9.93. The number of hydrogen-bond acceptors (Lipinski definition) is 6. The van der Waals surface area contributed by atoms with E-state index in [-0.39, 0.29) is 37.0 Å². The lowest BCUT2D eigenvalue weighted by Crippen LogP contribution is -2.51. The molecule has 170 valence electrons. The van der Waals surface area contributed by atoms with Crippen molar-refractivity contribution in [2.45, 2.75) is 4.90 Å². The average Bonchev–Trinajstić information content (AvgIpc) is 2.86. The summed E-state index contributed by atoms with van der Waals surface area (Å²) >= 11 is 0. The monoisotopic (exact) mass is 465 g/mol. The van der Waals surface area contributed by atoms with Crippen molar-refractivity contribution in [1.29, 1.82) is 0 Å². The summed E-state index contributed by atoms with van der Waals surface area (Å²) in [5.74, 6) is -1.01. The van der Waals surface area contributed by atoms with Crippen molar-refractivity contribution in [2.75, 3.05) is 32.8 Å². The second-order valence-electron chi connectivity index (χ2n) is 7.47. The van der Waals surface area contributed by atoms with E-state index in [2.05, 4.69) is 4.98 Å². The molecule has 1 aliphatic heterocycles. The molecule has 0 unspecified atom stereocenters. The van der Waals surface area contributed by atoms with Crippen LogP contribution in [-0.2, 0) is 24.3 Å². The van der Waals surface area contributed by atoms with Gasteiger partial charge in [-0.3, -0.25) is 4.79 Å². The minimum atomic E-state index is -3.59. The Morgan fingerprint density at radius 3 is 2.36 bits per heavy atom. The molecule has 1 amide bonds. The molecule has 9 heteroatoms. The topological polar surface area (TPSA) is 96.9 Å². The fourth-order valence-corrected chi connectivity index (χ4v) is 4.96. The van der Waals surface area contributed by atoms with E-state index < -0.39 is 22.6 Å². The molecule has 8 nitrogen and oxygen atoms in total. The third-order valence-corrected chi connectivity index (χ3v) is 7.23. The number of pyridine rings is 1. The molecule has 0 aliphatic carbocycles. The van der Waals surface area contributed by atoms with Gasteiger partial charge in [0.1, 0.15) is 0 Å². The highest BCUT2D eigenvalue weighted by molar-refractivity contribution is 7.89. The smallest absolute Gasteiger partial charge is 0.331 e. The van der Waals surface area contributed by atoms with Crippen LogP contribution in [0.15, 0.2) is 77.7 Å². The van der Waals surface area contributed by atoms with E-state index in [0.29, 0.717) is 5.69 Å². The number of sulfonamides is 1. The summed E-state index contributed by atoms with van der Waals surface area (Å²) < 4.78 is 31.8. The number of nitrogens with zero attached hydrogens (tertiary/aromatic N) is 3. The minimum Gasteiger partial charge on any atom is -0.452 e. The van der Waals surface area contributed by atoms with E-state index in [4.69, 9.17) is 4.74 Å². The molecular weight excluding hydrogens is 442 g/mol. The van der Waals surface area contributed by atoms with Crippen LogP contribution in [0.4, 0.5) is 0 Å². The van der Waals surface area contributed by atoms with Gasteiger partial charge in [-0.2, -0.15) is 4.31 Å². The van der Waals surface area contributed by atoms with Gasteiger partial charge in [-0.1, -0.05) is 42.5 Å². The Labute approximate surface area is 192 Å². The van der Waals surface area contributed by atoms with Gasteiger partial charge in [-0.25, -0.2) is 18.2 Å². The first-order valence-electron chi connectivity index (χ1n) is 10.5. The molecule has 2 aromatic carbocycles. The molecular formula is C24H23N3O5S. The number of ether oxygens (including phenoxy) is 1. The second-order valence-corrected chi connectivity index (χ2v) is 9.41. The van der Waals surface area contributed by atoms with E-state index in [0.717, 1.165) is 10.9 Å². The Kier molecular flexibility index (Phi) is 6.81. The van der Waals surface area contributed by atoms with E-state index >= 15 is 0 Å². The Morgan fingerprint density at radius 1 is 0.909 bits per heavy atom. The summed E-state index contributed by atoms with van der Waals surface area (Å²) in [7, 11) is -3.59. The predicted molar refractivity (Wildman–Crippen MR) is 124 cm³/mol. The normalized spacial score (nSPS) is 15.1. The first-order chi connectivity index (χ1) is 15.9. The SMILES string of the molecule is O=C(/C=C/c1ccc2ccccc2n1)OCC(=O)N1CCN(S(=O)(=O)c2ccccc2)CC1. The summed E-state index contributed by atoms with van der Waals surface area (Å²) in [4.78, 5) is 30.6. The van der Waals surface area contributed by atoms with Crippen LogP contribution in [0.2, 0.25) is 0 Å². The van der Waals surface area contributed by atoms with Gasteiger partial charge >= 0.3 is 5.97 Å². The zero-order valence-corrected chi connectivity index (χ0v) is 18.6. The number of carbonyl (C=O) groups is 2. The first kappa shape index (κ1) is 22.6. The van der Waals surface area contributed by atoms with E-state index in [1.807, 2.05) is 30.3 Å². The van der Waals surface area contributed by atoms with Gasteiger partial charge in [0.2, 0.25) is 10.0 Å². The maximum atomic E-state index is 12.7. The van der Waals surface area contributed by atoms with Crippen molar-refractivity contribution < 1.29 is 22.7 Å². The fraction of sp³-hybridized carbons (Fsp3) is 0.208. The van der Waals surface area contributed by atoms with Crippen molar-refractivity contribution in [1.82, 2.24) is 14.2 Å². The van der Waals surface area contributed by atoms with Crippen molar-refractivity contribution >= 4 is 38.9 Å². The number of aromatic nitrogens is 1. The Hall–Kier alpha value is -3.56. The van der Waals surface area contributed by atoms with Crippen LogP contribution in [0.25, 0.3) is 17.0 Å². The molecule has 0 saturated carbocycles. The van der Waals surface area contributed by atoms with Gasteiger partial charge in [0.05, 0.1) is 16.1 Å². The van der Waals surface area contributed by atoms with Gasteiger partial charge in [-0.05, 0) is 30.3 Å². The van der Waals surface area contributed by atoms with Gasteiger partial charge in [0, 0.05) is 37.6 Å². The van der Waals surface area contributed by atoms with Crippen LogP contribution in [0, 0.1) is 0 Å². The Balaban J connectivity index is 1.26. The fourth-order valence-electron chi connectivity index (χ4n) is 3.52. The summed E-state index contributed by atoms with van der Waals surface area (Å²) in [6.45, 7) is 0.438. The Bertz CT molecular complexity index is 1280. The lowest BCUT2D eigenvalue weighted by atomic mass is 10.2. The number of fused-ring (bicyclic) bond motifs is 1. The molecule has 33 heavy (non-hydrogen) atoms.